The average Bonchev–Trinajstić information content (AvgIpc) is 2.05. The molecule has 0 atom stereocenters. The van der Waals surface area contributed by atoms with Crippen LogP contribution in [0.1, 0.15) is 25.1 Å². The van der Waals surface area contributed by atoms with Crippen LogP contribution in [0.15, 0.2) is 12.3 Å². The molecule has 0 spiro atoms. The van der Waals surface area contributed by atoms with Crippen molar-refractivity contribution in [1.82, 2.24) is 4.98 Å². The van der Waals surface area contributed by atoms with E-state index < -0.39 is 0 Å². The van der Waals surface area contributed by atoms with Gasteiger partial charge in [-0.2, -0.15) is 0 Å². The molecule has 1 aromatic rings. The average molecular weight is 147 g/mol. The summed E-state index contributed by atoms with van der Waals surface area (Å²) >= 11 is 0. The fourth-order valence-electron chi connectivity index (χ4n) is 1.36. The van der Waals surface area contributed by atoms with Crippen LogP contribution in [0.2, 0.25) is 0 Å². The van der Waals surface area contributed by atoms with Crippen molar-refractivity contribution in [1.29, 1.82) is 0 Å². The van der Waals surface area contributed by atoms with Gasteiger partial charge in [-0.1, -0.05) is 24.9 Å². The van der Waals surface area contributed by atoms with Gasteiger partial charge in [0, 0.05) is 11.9 Å². The van der Waals surface area contributed by atoms with Crippen molar-refractivity contribution < 1.29 is 0 Å². The van der Waals surface area contributed by atoms with Crippen molar-refractivity contribution in [2.24, 2.45) is 0 Å². The molecule has 0 fully saturated rings. The predicted octanol–water partition coefficient (Wildman–Crippen LogP) is 0.465. The smallest absolute Gasteiger partial charge is 0.142 e. The predicted molar refractivity (Wildman–Crippen MR) is 51.2 cm³/mol. The molecule has 0 bridgehead atoms. The largest absolute Gasteiger partial charge is 0.262 e. The van der Waals surface area contributed by atoms with Crippen molar-refractivity contribution in [3.8, 4) is 0 Å². The second-order valence-corrected chi connectivity index (χ2v) is 2.75. The Labute approximate surface area is 69.3 Å². The molecule has 0 amide bonds. The van der Waals surface area contributed by atoms with E-state index in [1.165, 1.54) is 16.7 Å². The standard InChI is InChI=1S/C9H14BN/c1-3-7-5-6-11-8(4-2)9(7)10/h5-6H,3-4,10H2,1-2H3. The Kier molecular flexibility index (Phi) is 2.69. The molecule has 2 heteroatoms. The molecule has 1 nitrogen and oxygen atoms in total. The first-order chi connectivity index (χ1) is 5.29. The number of hydrogen-bond acceptors (Lipinski definition) is 1. The number of rotatable bonds is 2. The Morgan fingerprint density at radius 3 is 2.64 bits per heavy atom. The number of hydrogen-bond donors (Lipinski definition) is 0. The van der Waals surface area contributed by atoms with Gasteiger partial charge < -0.3 is 0 Å². The molecule has 1 rings (SSSR count). The number of pyridine rings is 1. The van der Waals surface area contributed by atoms with Crippen LogP contribution in [-0.2, 0) is 12.8 Å². The van der Waals surface area contributed by atoms with E-state index in [0.29, 0.717) is 0 Å². The van der Waals surface area contributed by atoms with E-state index in [1.807, 2.05) is 6.20 Å². The summed E-state index contributed by atoms with van der Waals surface area (Å²) in [4.78, 5) is 4.31. The summed E-state index contributed by atoms with van der Waals surface area (Å²) in [5.41, 5.74) is 4.04. The molecule has 1 heterocycles. The third kappa shape index (κ3) is 1.62. The fraction of sp³-hybridized carbons (Fsp3) is 0.444. The second-order valence-electron chi connectivity index (χ2n) is 2.75. The van der Waals surface area contributed by atoms with Gasteiger partial charge in [-0.05, 0) is 18.9 Å². The van der Waals surface area contributed by atoms with Crippen LogP contribution in [0, 0.1) is 0 Å². The van der Waals surface area contributed by atoms with Gasteiger partial charge in [-0.25, -0.2) is 0 Å². The number of aromatic nitrogens is 1. The van der Waals surface area contributed by atoms with Crippen LogP contribution in [-0.4, -0.2) is 12.8 Å². The molecule has 0 N–H and O–H groups in total. The highest BCUT2D eigenvalue weighted by atomic mass is 14.7. The van der Waals surface area contributed by atoms with Crippen LogP contribution < -0.4 is 5.46 Å². The maximum atomic E-state index is 4.31. The lowest BCUT2D eigenvalue weighted by Crippen LogP contribution is -2.16. The molecule has 0 unspecified atom stereocenters. The van der Waals surface area contributed by atoms with Gasteiger partial charge in [0.15, 0.2) is 0 Å². The molecule has 0 aliphatic heterocycles. The van der Waals surface area contributed by atoms with Crippen LogP contribution in [0.5, 0.6) is 0 Å². The maximum Gasteiger partial charge on any atom is 0.142 e. The van der Waals surface area contributed by atoms with Crippen molar-refractivity contribution in [3.63, 3.8) is 0 Å². The molecule has 11 heavy (non-hydrogen) atoms. The quantitative estimate of drug-likeness (QED) is 0.554. The van der Waals surface area contributed by atoms with Gasteiger partial charge in [0.1, 0.15) is 7.85 Å². The van der Waals surface area contributed by atoms with Crippen LogP contribution in [0.4, 0.5) is 0 Å². The van der Waals surface area contributed by atoms with E-state index in [0.717, 1.165) is 12.8 Å². The SMILES string of the molecule is Bc1c(CC)ccnc1CC. The van der Waals surface area contributed by atoms with Gasteiger partial charge in [-0.15, -0.1) is 0 Å². The molecular formula is C9H14BN. The Morgan fingerprint density at radius 1 is 1.36 bits per heavy atom. The van der Waals surface area contributed by atoms with E-state index in [9.17, 15) is 0 Å². The summed E-state index contributed by atoms with van der Waals surface area (Å²) in [5.74, 6) is 0. The topological polar surface area (TPSA) is 12.9 Å². The lowest BCUT2D eigenvalue weighted by atomic mass is 9.87. The first-order valence-electron chi connectivity index (χ1n) is 4.23. The van der Waals surface area contributed by atoms with E-state index in [2.05, 4.69) is 32.7 Å². The van der Waals surface area contributed by atoms with Crippen molar-refractivity contribution in [3.05, 3.63) is 23.5 Å². The molecule has 0 aromatic carbocycles. The van der Waals surface area contributed by atoms with E-state index in [1.54, 1.807) is 0 Å². The van der Waals surface area contributed by atoms with E-state index >= 15 is 0 Å². The highest BCUT2D eigenvalue weighted by molar-refractivity contribution is 6.34. The highest BCUT2D eigenvalue weighted by Gasteiger charge is 1.99. The minimum atomic E-state index is 1.04. The van der Waals surface area contributed by atoms with Crippen LogP contribution in [0.3, 0.4) is 0 Å². The van der Waals surface area contributed by atoms with Gasteiger partial charge in [0.05, 0.1) is 0 Å². The Balaban J connectivity index is 3.10. The summed E-state index contributed by atoms with van der Waals surface area (Å²) in [5, 5.41) is 0. The molecule has 0 saturated heterocycles. The van der Waals surface area contributed by atoms with Crippen molar-refractivity contribution in [2.45, 2.75) is 26.7 Å². The van der Waals surface area contributed by atoms with Crippen LogP contribution in [0.25, 0.3) is 0 Å². The Morgan fingerprint density at radius 2 is 2.09 bits per heavy atom. The van der Waals surface area contributed by atoms with Crippen LogP contribution >= 0.6 is 0 Å². The molecule has 0 aliphatic carbocycles. The Bertz CT molecular complexity index is 223. The summed E-state index contributed by atoms with van der Waals surface area (Å²) < 4.78 is 0. The lowest BCUT2D eigenvalue weighted by molar-refractivity contribution is 1.03. The molecule has 58 valence electrons. The fourth-order valence-corrected chi connectivity index (χ4v) is 1.36. The van der Waals surface area contributed by atoms with Gasteiger partial charge in [-0.3, -0.25) is 4.98 Å². The number of nitrogens with zero attached hydrogens (tertiary/aromatic N) is 1. The Hall–Kier alpha value is -0.785. The summed E-state index contributed by atoms with van der Waals surface area (Å²) in [7, 11) is 2.16. The zero-order valence-corrected chi connectivity index (χ0v) is 7.52. The first-order valence-corrected chi connectivity index (χ1v) is 4.23. The zero-order chi connectivity index (χ0) is 8.27. The molecule has 0 saturated carbocycles. The highest BCUT2D eigenvalue weighted by Crippen LogP contribution is 1.98. The van der Waals surface area contributed by atoms with Crippen molar-refractivity contribution in [2.75, 3.05) is 0 Å². The van der Waals surface area contributed by atoms with Crippen molar-refractivity contribution >= 4 is 13.3 Å². The molecule has 0 aliphatic rings. The zero-order valence-electron chi connectivity index (χ0n) is 7.52. The van der Waals surface area contributed by atoms with E-state index in [4.69, 9.17) is 0 Å². The summed E-state index contributed by atoms with van der Waals surface area (Å²) in [6, 6.07) is 2.11. The number of aryl methyl sites for hydroxylation is 2. The second kappa shape index (κ2) is 3.56. The lowest BCUT2D eigenvalue weighted by Gasteiger charge is -2.06. The minimum absolute atomic E-state index is 1.04. The summed E-state index contributed by atoms with van der Waals surface area (Å²) in [6.07, 6.45) is 4.06. The minimum Gasteiger partial charge on any atom is -0.262 e. The molecular weight excluding hydrogens is 133 g/mol. The maximum absolute atomic E-state index is 4.31. The normalized spacial score (nSPS) is 10.0. The third-order valence-corrected chi connectivity index (χ3v) is 2.14. The summed E-state index contributed by atoms with van der Waals surface area (Å²) in [6.45, 7) is 4.33. The van der Waals surface area contributed by atoms with E-state index in [-0.39, 0.29) is 0 Å². The molecule has 0 radical (unpaired) electrons. The first kappa shape index (κ1) is 8.31. The molecule has 1 aromatic heterocycles. The third-order valence-electron chi connectivity index (χ3n) is 2.14. The van der Waals surface area contributed by atoms with Gasteiger partial charge in [0.25, 0.3) is 0 Å². The van der Waals surface area contributed by atoms with Gasteiger partial charge in [0.2, 0.25) is 0 Å². The van der Waals surface area contributed by atoms with Gasteiger partial charge >= 0.3 is 0 Å². The monoisotopic (exact) mass is 147 g/mol.